The fourth-order valence-corrected chi connectivity index (χ4v) is 4.74. The molecule has 5 nitrogen and oxygen atoms in total. The average Bonchev–Trinajstić information content (AvgIpc) is 2.99. The molecule has 134 valence electrons. The molecule has 0 radical (unpaired) electrons. The first-order valence-electron chi connectivity index (χ1n) is 7.52. The van der Waals surface area contributed by atoms with Crippen molar-refractivity contribution < 1.29 is 14.3 Å². The van der Waals surface area contributed by atoms with E-state index in [-0.39, 0.29) is 6.54 Å². The van der Waals surface area contributed by atoms with Gasteiger partial charge in [0.25, 0.3) is 0 Å². The van der Waals surface area contributed by atoms with Crippen molar-refractivity contribution in [3.63, 3.8) is 0 Å². The summed E-state index contributed by atoms with van der Waals surface area (Å²) in [5, 5.41) is 11.4. The number of nitrogens with zero attached hydrogens (tertiary/aromatic N) is 2. The zero-order chi connectivity index (χ0) is 18.5. The lowest BCUT2D eigenvalue weighted by atomic mass is 10.1. The van der Waals surface area contributed by atoms with Crippen LogP contribution in [0, 0.1) is 5.95 Å². The highest BCUT2D eigenvalue weighted by molar-refractivity contribution is 8.01. The number of thiophene rings is 1. The quantitative estimate of drug-likeness (QED) is 0.563. The molecule has 0 aliphatic carbocycles. The van der Waals surface area contributed by atoms with Crippen molar-refractivity contribution in [3.05, 3.63) is 58.7 Å². The number of halogens is 2. The van der Waals surface area contributed by atoms with Crippen LogP contribution in [-0.4, -0.2) is 27.7 Å². The van der Waals surface area contributed by atoms with Crippen molar-refractivity contribution in [2.45, 2.75) is 15.5 Å². The van der Waals surface area contributed by atoms with Crippen LogP contribution in [0.2, 0.25) is 5.15 Å². The Hall–Kier alpha value is -2.16. The van der Waals surface area contributed by atoms with Gasteiger partial charge in [-0.3, -0.25) is 0 Å². The van der Waals surface area contributed by atoms with E-state index in [4.69, 9.17) is 16.7 Å². The van der Waals surface area contributed by atoms with E-state index in [1.54, 1.807) is 24.4 Å². The molecule has 0 aliphatic heterocycles. The molecule has 3 heterocycles. The maximum absolute atomic E-state index is 14.2. The molecule has 26 heavy (non-hydrogen) atoms. The zero-order valence-corrected chi connectivity index (χ0v) is 15.7. The van der Waals surface area contributed by atoms with E-state index in [1.165, 1.54) is 29.3 Å². The number of amides is 1. The summed E-state index contributed by atoms with van der Waals surface area (Å²) in [4.78, 5) is 20.2. The van der Waals surface area contributed by atoms with E-state index >= 15 is 0 Å². The van der Waals surface area contributed by atoms with Crippen molar-refractivity contribution in [2.24, 2.45) is 0 Å². The van der Waals surface area contributed by atoms with Crippen LogP contribution in [0.25, 0.3) is 11.1 Å². The normalized spacial score (nSPS) is 10.7. The molecule has 1 amide bonds. The van der Waals surface area contributed by atoms with Gasteiger partial charge in [-0.2, -0.15) is 4.39 Å². The topological polar surface area (TPSA) is 75.1 Å². The van der Waals surface area contributed by atoms with Gasteiger partial charge in [0.2, 0.25) is 5.95 Å². The number of aromatic nitrogens is 2. The maximum Gasteiger partial charge on any atom is 0.404 e. The third-order valence-electron chi connectivity index (χ3n) is 3.36. The molecule has 0 bridgehead atoms. The van der Waals surface area contributed by atoms with Gasteiger partial charge in [-0.25, -0.2) is 14.8 Å². The lowest BCUT2D eigenvalue weighted by Gasteiger charge is -2.04. The number of hydrogen-bond donors (Lipinski definition) is 2. The summed E-state index contributed by atoms with van der Waals surface area (Å²) in [6.07, 6.45) is 2.51. The summed E-state index contributed by atoms with van der Waals surface area (Å²) in [5.41, 5.74) is 1.14. The average molecular weight is 410 g/mol. The van der Waals surface area contributed by atoms with E-state index in [2.05, 4.69) is 15.3 Å². The lowest BCUT2D eigenvalue weighted by Crippen LogP contribution is -2.22. The van der Waals surface area contributed by atoms with Gasteiger partial charge in [-0.15, -0.1) is 11.3 Å². The molecule has 0 aromatic carbocycles. The minimum absolute atomic E-state index is 0.289. The Balaban J connectivity index is 1.92. The first kappa shape index (κ1) is 18.6. The molecular formula is C17H13ClFN3O2S2. The summed E-state index contributed by atoms with van der Waals surface area (Å²) in [7, 11) is 0. The van der Waals surface area contributed by atoms with E-state index in [1.807, 2.05) is 12.1 Å². The van der Waals surface area contributed by atoms with Gasteiger partial charge in [0.1, 0.15) is 5.15 Å². The van der Waals surface area contributed by atoms with Crippen molar-refractivity contribution in [1.82, 2.24) is 15.3 Å². The maximum atomic E-state index is 14.2. The monoisotopic (exact) mass is 409 g/mol. The van der Waals surface area contributed by atoms with Crippen LogP contribution in [0.4, 0.5) is 9.18 Å². The molecule has 3 aromatic heterocycles. The number of pyridine rings is 2. The van der Waals surface area contributed by atoms with Gasteiger partial charge in [-0.1, -0.05) is 23.4 Å². The molecule has 3 aromatic rings. The molecule has 0 atom stereocenters. The van der Waals surface area contributed by atoms with E-state index in [9.17, 15) is 9.18 Å². The molecule has 9 heteroatoms. The second-order valence-corrected chi connectivity index (χ2v) is 8.02. The molecule has 2 N–H and O–H groups in total. The summed E-state index contributed by atoms with van der Waals surface area (Å²) < 4.78 is 15.1. The fourth-order valence-electron chi connectivity index (χ4n) is 2.22. The summed E-state index contributed by atoms with van der Waals surface area (Å²) in [6.45, 7) is 0.289. The minimum Gasteiger partial charge on any atom is -0.465 e. The Kier molecular flexibility index (Phi) is 6.08. The fraction of sp³-hybridized carbons (Fsp3) is 0.118. The predicted octanol–water partition coefficient (Wildman–Crippen LogP) is 4.96. The molecular weight excluding hydrogens is 397 g/mol. The first-order chi connectivity index (χ1) is 12.5. The molecule has 0 unspecified atom stereocenters. The van der Waals surface area contributed by atoms with Crippen molar-refractivity contribution in [1.29, 1.82) is 0 Å². The van der Waals surface area contributed by atoms with Crippen molar-refractivity contribution in [3.8, 4) is 11.1 Å². The van der Waals surface area contributed by atoms with Gasteiger partial charge in [0, 0.05) is 39.8 Å². The molecule has 0 saturated carbocycles. The highest BCUT2D eigenvalue weighted by Crippen LogP contribution is 2.42. The highest BCUT2D eigenvalue weighted by atomic mass is 35.5. The minimum atomic E-state index is -1.07. The van der Waals surface area contributed by atoms with Gasteiger partial charge in [0.05, 0.1) is 4.21 Å². The van der Waals surface area contributed by atoms with Crippen LogP contribution in [0.1, 0.15) is 4.88 Å². The smallest absolute Gasteiger partial charge is 0.404 e. The lowest BCUT2D eigenvalue weighted by molar-refractivity contribution is 0.194. The van der Waals surface area contributed by atoms with E-state index < -0.39 is 12.0 Å². The Morgan fingerprint density at radius 1 is 1.31 bits per heavy atom. The highest BCUT2D eigenvalue weighted by Gasteiger charge is 2.16. The molecule has 0 spiro atoms. The van der Waals surface area contributed by atoms with Crippen LogP contribution in [-0.2, 0) is 6.42 Å². The summed E-state index contributed by atoms with van der Waals surface area (Å²) in [5.74, 6) is -0.545. The number of nitrogens with one attached hydrogen (secondary N) is 1. The predicted molar refractivity (Wildman–Crippen MR) is 101 cm³/mol. The third-order valence-corrected chi connectivity index (χ3v) is 5.95. The number of rotatable bonds is 6. The van der Waals surface area contributed by atoms with Crippen molar-refractivity contribution >= 4 is 40.8 Å². The second-order valence-electron chi connectivity index (χ2n) is 5.16. The summed E-state index contributed by atoms with van der Waals surface area (Å²) >= 11 is 8.76. The Labute approximate surface area is 162 Å². The van der Waals surface area contributed by atoms with Crippen LogP contribution in [0.5, 0.6) is 0 Å². The van der Waals surface area contributed by atoms with Crippen LogP contribution in [0.3, 0.4) is 0 Å². The Morgan fingerprint density at radius 2 is 2.15 bits per heavy atom. The molecule has 0 fully saturated rings. The van der Waals surface area contributed by atoms with E-state index in [0.717, 1.165) is 19.5 Å². The van der Waals surface area contributed by atoms with Crippen LogP contribution >= 0.6 is 34.7 Å². The first-order valence-corrected chi connectivity index (χ1v) is 9.54. The summed E-state index contributed by atoms with van der Waals surface area (Å²) in [6, 6.07) is 8.77. The number of carbonyl (C=O) groups is 1. The largest absolute Gasteiger partial charge is 0.465 e. The molecule has 0 aliphatic rings. The van der Waals surface area contributed by atoms with Crippen LogP contribution < -0.4 is 5.32 Å². The second kappa shape index (κ2) is 8.48. The number of hydrogen-bond acceptors (Lipinski definition) is 5. The Bertz CT molecular complexity index is 919. The van der Waals surface area contributed by atoms with Gasteiger partial charge >= 0.3 is 6.09 Å². The standard InChI is InChI=1S/C17H13ClFN3O2S2/c18-14-4-3-11(9-22-14)26-16-13(12-2-1-6-20-15(12)19)8-10(25-16)5-7-21-17(23)24/h1-4,6,8-9,21H,5,7H2,(H,23,24). The van der Waals surface area contributed by atoms with Gasteiger partial charge in [-0.05, 0) is 36.8 Å². The number of carboxylic acid groups (broad SMARTS) is 1. The van der Waals surface area contributed by atoms with Crippen LogP contribution in [0.15, 0.2) is 51.8 Å². The van der Waals surface area contributed by atoms with Crippen molar-refractivity contribution in [2.75, 3.05) is 6.54 Å². The molecule has 0 saturated heterocycles. The van der Waals surface area contributed by atoms with Gasteiger partial charge < -0.3 is 10.4 Å². The van der Waals surface area contributed by atoms with Gasteiger partial charge in [0.15, 0.2) is 0 Å². The zero-order valence-electron chi connectivity index (χ0n) is 13.3. The SMILES string of the molecule is O=C(O)NCCc1cc(-c2cccnc2F)c(Sc2ccc(Cl)nc2)s1. The molecule has 3 rings (SSSR count). The third kappa shape index (κ3) is 4.72. The van der Waals surface area contributed by atoms with E-state index in [0.29, 0.717) is 17.1 Å². The Morgan fingerprint density at radius 3 is 2.85 bits per heavy atom.